The summed E-state index contributed by atoms with van der Waals surface area (Å²) < 4.78 is 6.31. The second-order valence-corrected chi connectivity index (χ2v) is 7.14. The summed E-state index contributed by atoms with van der Waals surface area (Å²) in [5.74, 6) is 0.568. The van der Waals surface area contributed by atoms with E-state index in [4.69, 9.17) is 4.74 Å². The molecule has 6 nitrogen and oxygen atoms in total. The van der Waals surface area contributed by atoms with Gasteiger partial charge in [-0.05, 0) is 61.4 Å². The molecule has 0 saturated heterocycles. The molecule has 7 heteroatoms. The third-order valence-electron chi connectivity index (χ3n) is 4.21. The second kappa shape index (κ2) is 8.35. The molecular weight excluding hydrogens is 410 g/mol. The van der Waals surface area contributed by atoms with Crippen LogP contribution in [0.5, 0.6) is 5.75 Å². The van der Waals surface area contributed by atoms with Gasteiger partial charge in [0, 0.05) is 22.3 Å². The van der Waals surface area contributed by atoms with Gasteiger partial charge in [0.15, 0.2) is 0 Å². The monoisotopic (exact) mass is 429 g/mol. The van der Waals surface area contributed by atoms with Gasteiger partial charge in [-0.2, -0.15) is 5.10 Å². The van der Waals surface area contributed by atoms with E-state index >= 15 is 0 Å². The predicted molar refractivity (Wildman–Crippen MR) is 108 cm³/mol. The van der Waals surface area contributed by atoms with Crippen LogP contribution in [-0.2, 0) is 11.2 Å². The fourth-order valence-corrected chi connectivity index (χ4v) is 3.28. The van der Waals surface area contributed by atoms with E-state index in [0.717, 1.165) is 21.5 Å². The number of hydrazone groups is 1. The number of ether oxygens (including phenoxy) is 1. The summed E-state index contributed by atoms with van der Waals surface area (Å²) in [6, 6.07) is 12.6. The molecule has 0 bridgehead atoms. The molecule has 1 aliphatic heterocycles. The lowest BCUT2D eigenvalue weighted by molar-refractivity contribution is -0.116. The van der Waals surface area contributed by atoms with Crippen LogP contribution in [0.3, 0.4) is 0 Å². The first-order chi connectivity index (χ1) is 13.0. The van der Waals surface area contributed by atoms with Gasteiger partial charge in [0.25, 0.3) is 11.8 Å². The lowest BCUT2D eigenvalue weighted by Gasteiger charge is -2.12. The Balaban J connectivity index is 1.59. The van der Waals surface area contributed by atoms with Crippen LogP contribution in [0.1, 0.15) is 29.3 Å². The Kier molecular flexibility index (Phi) is 5.91. The van der Waals surface area contributed by atoms with E-state index in [1.165, 1.54) is 5.01 Å². The first-order valence-electron chi connectivity index (χ1n) is 8.55. The van der Waals surface area contributed by atoms with Crippen LogP contribution < -0.4 is 15.1 Å². The Morgan fingerprint density at radius 1 is 1.26 bits per heavy atom. The van der Waals surface area contributed by atoms with Crippen LogP contribution in [0, 0.1) is 0 Å². The SMILES string of the molecule is COc1ccc(Br)cc1CCNC(=O)c1ccc(N2N=C(C)CC2=O)cc1. The van der Waals surface area contributed by atoms with Crippen LogP contribution >= 0.6 is 15.9 Å². The van der Waals surface area contributed by atoms with E-state index in [9.17, 15) is 9.59 Å². The molecular formula is C20H20BrN3O3. The molecule has 0 unspecified atom stereocenters. The molecule has 1 aliphatic rings. The van der Waals surface area contributed by atoms with E-state index in [2.05, 4.69) is 26.3 Å². The number of halogens is 1. The van der Waals surface area contributed by atoms with Crippen LogP contribution in [0.25, 0.3) is 0 Å². The fourth-order valence-electron chi connectivity index (χ4n) is 2.87. The van der Waals surface area contributed by atoms with Crippen molar-refractivity contribution in [1.29, 1.82) is 0 Å². The Hall–Kier alpha value is -2.67. The number of amides is 2. The van der Waals surface area contributed by atoms with Gasteiger partial charge in [0.1, 0.15) is 5.75 Å². The summed E-state index contributed by atoms with van der Waals surface area (Å²) in [7, 11) is 1.63. The lowest BCUT2D eigenvalue weighted by atomic mass is 10.1. The number of carbonyl (C=O) groups is 2. The van der Waals surface area contributed by atoms with Crippen LogP contribution in [0.15, 0.2) is 52.0 Å². The number of nitrogens with zero attached hydrogens (tertiary/aromatic N) is 2. The van der Waals surface area contributed by atoms with Crippen molar-refractivity contribution in [2.75, 3.05) is 18.7 Å². The average Bonchev–Trinajstić information content (AvgIpc) is 3.00. The number of nitrogens with one attached hydrogen (secondary N) is 1. The van der Waals surface area contributed by atoms with Crippen molar-refractivity contribution in [3.63, 3.8) is 0 Å². The summed E-state index contributed by atoms with van der Waals surface area (Å²) in [6.07, 6.45) is 0.990. The van der Waals surface area contributed by atoms with Crippen molar-refractivity contribution in [3.8, 4) is 5.75 Å². The molecule has 0 aliphatic carbocycles. The molecule has 140 valence electrons. The van der Waals surface area contributed by atoms with Crippen molar-refractivity contribution < 1.29 is 14.3 Å². The van der Waals surface area contributed by atoms with Gasteiger partial charge < -0.3 is 10.1 Å². The van der Waals surface area contributed by atoms with Crippen LogP contribution in [-0.4, -0.2) is 31.2 Å². The van der Waals surface area contributed by atoms with E-state index in [1.807, 2.05) is 25.1 Å². The number of benzene rings is 2. The highest BCUT2D eigenvalue weighted by atomic mass is 79.9. The van der Waals surface area contributed by atoms with Gasteiger partial charge in [-0.1, -0.05) is 15.9 Å². The number of anilines is 1. The zero-order valence-corrected chi connectivity index (χ0v) is 16.7. The summed E-state index contributed by atoms with van der Waals surface area (Å²) in [6.45, 7) is 2.31. The van der Waals surface area contributed by atoms with Crippen molar-refractivity contribution >= 4 is 39.1 Å². The third kappa shape index (κ3) is 4.54. The molecule has 1 heterocycles. The maximum Gasteiger partial charge on any atom is 0.253 e. The number of rotatable bonds is 6. The molecule has 0 atom stereocenters. The van der Waals surface area contributed by atoms with Crippen LogP contribution in [0.4, 0.5) is 5.69 Å². The van der Waals surface area contributed by atoms with E-state index < -0.39 is 0 Å². The maximum absolute atomic E-state index is 12.3. The van der Waals surface area contributed by atoms with Gasteiger partial charge in [0.05, 0.1) is 19.2 Å². The molecule has 2 aromatic rings. The summed E-state index contributed by atoms with van der Waals surface area (Å²) in [4.78, 5) is 24.2. The van der Waals surface area contributed by atoms with Crippen molar-refractivity contribution in [1.82, 2.24) is 5.32 Å². The fraction of sp³-hybridized carbons (Fsp3) is 0.250. The first kappa shape index (κ1) is 19.1. The smallest absolute Gasteiger partial charge is 0.253 e. The van der Waals surface area contributed by atoms with Gasteiger partial charge in [-0.25, -0.2) is 5.01 Å². The highest BCUT2D eigenvalue weighted by molar-refractivity contribution is 9.10. The molecule has 2 aromatic carbocycles. The van der Waals surface area contributed by atoms with Crippen LogP contribution in [0.2, 0.25) is 0 Å². The van der Waals surface area contributed by atoms with E-state index in [0.29, 0.717) is 30.6 Å². The zero-order valence-electron chi connectivity index (χ0n) is 15.2. The third-order valence-corrected chi connectivity index (χ3v) is 4.70. The molecule has 0 aromatic heterocycles. The van der Waals surface area contributed by atoms with Crippen molar-refractivity contribution in [2.24, 2.45) is 5.10 Å². The Morgan fingerprint density at radius 2 is 2.00 bits per heavy atom. The van der Waals surface area contributed by atoms with Gasteiger partial charge in [-0.3, -0.25) is 9.59 Å². The summed E-state index contributed by atoms with van der Waals surface area (Å²) in [5.41, 5.74) is 2.99. The number of hydrogen-bond acceptors (Lipinski definition) is 4. The van der Waals surface area contributed by atoms with Crippen molar-refractivity contribution in [3.05, 3.63) is 58.1 Å². The normalized spacial score (nSPS) is 13.5. The highest BCUT2D eigenvalue weighted by Crippen LogP contribution is 2.23. The molecule has 0 radical (unpaired) electrons. The number of methoxy groups -OCH3 is 1. The average molecular weight is 430 g/mol. The Morgan fingerprint density at radius 3 is 2.63 bits per heavy atom. The standard InChI is InChI=1S/C20H20BrN3O3/c1-13-11-19(25)24(23-13)17-6-3-14(4-7-17)20(26)22-10-9-15-12-16(21)5-8-18(15)27-2/h3-8,12H,9-11H2,1-2H3,(H,22,26). The molecule has 0 saturated carbocycles. The first-order valence-corrected chi connectivity index (χ1v) is 9.35. The molecule has 1 N–H and O–H groups in total. The molecule has 3 rings (SSSR count). The minimum Gasteiger partial charge on any atom is -0.496 e. The zero-order chi connectivity index (χ0) is 19.4. The minimum absolute atomic E-state index is 0.0623. The Labute approximate surface area is 166 Å². The largest absolute Gasteiger partial charge is 0.496 e. The number of hydrogen-bond donors (Lipinski definition) is 1. The van der Waals surface area contributed by atoms with E-state index in [1.54, 1.807) is 31.4 Å². The maximum atomic E-state index is 12.3. The summed E-state index contributed by atoms with van der Waals surface area (Å²) in [5, 5.41) is 8.48. The van der Waals surface area contributed by atoms with Gasteiger partial charge in [0.2, 0.25) is 0 Å². The lowest BCUT2D eigenvalue weighted by Crippen LogP contribution is -2.26. The van der Waals surface area contributed by atoms with E-state index in [-0.39, 0.29) is 11.8 Å². The minimum atomic E-state index is -0.164. The summed E-state index contributed by atoms with van der Waals surface area (Å²) >= 11 is 3.45. The van der Waals surface area contributed by atoms with Crippen molar-refractivity contribution in [2.45, 2.75) is 19.8 Å². The molecule has 2 amide bonds. The molecule has 27 heavy (non-hydrogen) atoms. The molecule has 0 fully saturated rings. The topological polar surface area (TPSA) is 71.0 Å². The second-order valence-electron chi connectivity index (χ2n) is 6.23. The van der Waals surface area contributed by atoms with Gasteiger partial charge in [-0.15, -0.1) is 0 Å². The quantitative estimate of drug-likeness (QED) is 0.762. The van der Waals surface area contributed by atoms with Gasteiger partial charge >= 0.3 is 0 Å². The number of carbonyl (C=O) groups excluding carboxylic acids is 2. The predicted octanol–water partition coefficient (Wildman–Crippen LogP) is 3.54. The molecule has 0 spiro atoms. The Bertz CT molecular complexity index is 894. The highest BCUT2D eigenvalue weighted by Gasteiger charge is 2.22.